The second-order valence-electron chi connectivity index (χ2n) is 4.69. The van der Waals surface area contributed by atoms with Crippen LogP contribution in [0.25, 0.3) is 10.9 Å². The van der Waals surface area contributed by atoms with Gasteiger partial charge in [-0.15, -0.1) is 0 Å². The quantitative estimate of drug-likeness (QED) is 0.793. The van der Waals surface area contributed by atoms with Crippen molar-refractivity contribution in [1.29, 1.82) is 0 Å². The van der Waals surface area contributed by atoms with Crippen LogP contribution in [0.1, 0.15) is 11.1 Å². The largest absolute Gasteiger partial charge is 0.489 e. The van der Waals surface area contributed by atoms with Crippen molar-refractivity contribution in [3.05, 3.63) is 70.9 Å². The average molecular weight is 300 g/mol. The van der Waals surface area contributed by atoms with Gasteiger partial charge in [-0.3, -0.25) is 4.98 Å². The molecule has 2 aromatic carbocycles. The van der Waals surface area contributed by atoms with E-state index in [0.717, 1.165) is 27.8 Å². The fourth-order valence-electron chi connectivity index (χ4n) is 2.16. The molecule has 3 nitrogen and oxygen atoms in total. The highest BCUT2D eigenvalue weighted by molar-refractivity contribution is 6.32. The molecule has 0 spiro atoms. The zero-order valence-electron chi connectivity index (χ0n) is 11.3. The Labute approximate surface area is 127 Å². The third-order valence-corrected chi connectivity index (χ3v) is 3.67. The first-order valence-corrected chi connectivity index (χ1v) is 7.00. The molecule has 0 bridgehead atoms. The number of halogens is 1. The number of hydrogen-bond donors (Lipinski definition) is 1. The van der Waals surface area contributed by atoms with Gasteiger partial charge in [-0.1, -0.05) is 35.9 Å². The number of nitrogens with zero attached hydrogens (tertiary/aromatic N) is 1. The molecular weight excluding hydrogens is 286 g/mol. The van der Waals surface area contributed by atoms with Gasteiger partial charge in [0.2, 0.25) is 0 Å². The standard InChI is InChI=1S/C17H14ClNO2/c18-16-8-5-13-2-1-9-19-17(13)15(16)11-21-14-6-3-12(10-20)4-7-14/h1-9,20H,10-11H2. The van der Waals surface area contributed by atoms with Crippen LogP contribution in [0.4, 0.5) is 0 Å². The Kier molecular flexibility index (Phi) is 4.04. The van der Waals surface area contributed by atoms with Gasteiger partial charge in [0.05, 0.1) is 12.1 Å². The SMILES string of the molecule is OCc1ccc(OCc2c(Cl)ccc3cccnc23)cc1. The number of ether oxygens (including phenoxy) is 1. The van der Waals surface area contributed by atoms with E-state index in [2.05, 4.69) is 4.98 Å². The van der Waals surface area contributed by atoms with E-state index in [4.69, 9.17) is 21.4 Å². The number of aliphatic hydroxyl groups is 1. The Bertz CT molecular complexity index is 756. The summed E-state index contributed by atoms with van der Waals surface area (Å²) in [5.74, 6) is 0.733. The minimum absolute atomic E-state index is 0.0271. The summed E-state index contributed by atoms with van der Waals surface area (Å²) < 4.78 is 5.77. The Morgan fingerprint density at radius 2 is 1.86 bits per heavy atom. The lowest BCUT2D eigenvalue weighted by Gasteiger charge is -2.10. The molecule has 3 aromatic rings. The van der Waals surface area contributed by atoms with Crippen LogP contribution in [0, 0.1) is 0 Å². The van der Waals surface area contributed by atoms with Crippen molar-refractivity contribution >= 4 is 22.5 Å². The van der Waals surface area contributed by atoms with Gasteiger partial charge in [0.15, 0.2) is 0 Å². The lowest BCUT2D eigenvalue weighted by Crippen LogP contribution is -1.99. The summed E-state index contributed by atoms with van der Waals surface area (Å²) in [7, 11) is 0. The van der Waals surface area contributed by atoms with Crippen LogP contribution in [-0.2, 0) is 13.2 Å². The summed E-state index contributed by atoms with van der Waals surface area (Å²) in [6.45, 7) is 0.380. The van der Waals surface area contributed by atoms with Gasteiger partial charge < -0.3 is 9.84 Å². The zero-order chi connectivity index (χ0) is 14.7. The van der Waals surface area contributed by atoms with E-state index in [0.29, 0.717) is 11.6 Å². The number of fused-ring (bicyclic) bond motifs is 1. The fourth-order valence-corrected chi connectivity index (χ4v) is 2.37. The van der Waals surface area contributed by atoms with E-state index in [1.807, 2.05) is 48.5 Å². The van der Waals surface area contributed by atoms with Crippen LogP contribution < -0.4 is 4.74 Å². The molecule has 0 aliphatic carbocycles. The lowest BCUT2D eigenvalue weighted by molar-refractivity contribution is 0.281. The normalized spacial score (nSPS) is 10.8. The van der Waals surface area contributed by atoms with Gasteiger partial charge in [0.25, 0.3) is 0 Å². The molecule has 0 aliphatic heterocycles. The second kappa shape index (κ2) is 6.12. The monoisotopic (exact) mass is 299 g/mol. The van der Waals surface area contributed by atoms with Crippen LogP contribution in [0.15, 0.2) is 54.7 Å². The van der Waals surface area contributed by atoms with Crippen molar-refractivity contribution in [3.63, 3.8) is 0 Å². The number of benzene rings is 2. The maximum Gasteiger partial charge on any atom is 0.119 e. The van der Waals surface area contributed by atoms with Gasteiger partial charge in [0, 0.05) is 22.2 Å². The highest BCUT2D eigenvalue weighted by Crippen LogP contribution is 2.26. The summed E-state index contributed by atoms with van der Waals surface area (Å²) in [6, 6.07) is 15.0. The third-order valence-electron chi connectivity index (χ3n) is 3.31. The number of aliphatic hydroxyl groups excluding tert-OH is 1. The Morgan fingerprint density at radius 1 is 1.05 bits per heavy atom. The van der Waals surface area contributed by atoms with Gasteiger partial charge in [-0.05, 0) is 29.8 Å². The van der Waals surface area contributed by atoms with Crippen LogP contribution >= 0.6 is 11.6 Å². The first-order valence-electron chi connectivity index (χ1n) is 6.62. The summed E-state index contributed by atoms with van der Waals surface area (Å²) >= 11 is 6.26. The molecule has 4 heteroatoms. The van der Waals surface area contributed by atoms with Crippen molar-refractivity contribution < 1.29 is 9.84 Å². The highest BCUT2D eigenvalue weighted by atomic mass is 35.5. The molecule has 1 aromatic heterocycles. The Hall–Kier alpha value is -2.10. The van der Waals surface area contributed by atoms with Crippen molar-refractivity contribution in [2.24, 2.45) is 0 Å². The smallest absolute Gasteiger partial charge is 0.119 e. The lowest BCUT2D eigenvalue weighted by atomic mass is 10.1. The van der Waals surface area contributed by atoms with Crippen LogP contribution in [-0.4, -0.2) is 10.1 Å². The summed E-state index contributed by atoms with van der Waals surface area (Å²) in [5, 5.41) is 10.7. The highest BCUT2D eigenvalue weighted by Gasteiger charge is 2.08. The molecule has 0 radical (unpaired) electrons. The molecule has 0 aliphatic rings. The maximum atomic E-state index is 9.02. The fraction of sp³-hybridized carbons (Fsp3) is 0.118. The molecular formula is C17H14ClNO2. The van der Waals surface area contributed by atoms with E-state index < -0.39 is 0 Å². The second-order valence-corrected chi connectivity index (χ2v) is 5.10. The van der Waals surface area contributed by atoms with Crippen molar-refractivity contribution in [1.82, 2.24) is 4.98 Å². The summed E-state index contributed by atoms with van der Waals surface area (Å²) in [4.78, 5) is 4.38. The minimum atomic E-state index is 0.0271. The van der Waals surface area contributed by atoms with E-state index in [1.165, 1.54) is 0 Å². The molecule has 0 unspecified atom stereocenters. The van der Waals surface area contributed by atoms with Crippen LogP contribution in [0.2, 0.25) is 5.02 Å². The third kappa shape index (κ3) is 2.99. The molecule has 0 fully saturated rings. The molecule has 0 amide bonds. The first kappa shape index (κ1) is 13.9. The molecule has 1 N–H and O–H groups in total. The average Bonchev–Trinajstić information content (AvgIpc) is 2.54. The van der Waals surface area contributed by atoms with Crippen molar-refractivity contribution in [2.45, 2.75) is 13.2 Å². The number of pyridine rings is 1. The van der Waals surface area contributed by atoms with Gasteiger partial charge in [0.1, 0.15) is 12.4 Å². The Balaban J connectivity index is 1.85. The number of hydrogen-bond acceptors (Lipinski definition) is 3. The molecule has 106 valence electrons. The first-order chi connectivity index (χ1) is 10.3. The Morgan fingerprint density at radius 3 is 2.62 bits per heavy atom. The molecule has 0 saturated carbocycles. The van der Waals surface area contributed by atoms with Gasteiger partial charge >= 0.3 is 0 Å². The predicted octanol–water partition coefficient (Wildman–Crippen LogP) is 3.96. The molecule has 21 heavy (non-hydrogen) atoms. The topological polar surface area (TPSA) is 42.4 Å². The van der Waals surface area contributed by atoms with E-state index in [9.17, 15) is 0 Å². The van der Waals surface area contributed by atoms with Crippen LogP contribution in [0.5, 0.6) is 5.75 Å². The zero-order valence-corrected chi connectivity index (χ0v) is 12.0. The van der Waals surface area contributed by atoms with Crippen LogP contribution in [0.3, 0.4) is 0 Å². The molecule has 0 atom stereocenters. The van der Waals surface area contributed by atoms with E-state index >= 15 is 0 Å². The summed E-state index contributed by atoms with van der Waals surface area (Å²) in [6.07, 6.45) is 1.75. The van der Waals surface area contributed by atoms with Crippen molar-refractivity contribution in [2.75, 3.05) is 0 Å². The molecule has 0 saturated heterocycles. The molecule has 3 rings (SSSR count). The van der Waals surface area contributed by atoms with E-state index in [-0.39, 0.29) is 6.61 Å². The van der Waals surface area contributed by atoms with Gasteiger partial charge in [-0.25, -0.2) is 0 Å². The van der Waals surface area contributed by atoms with Gasteiger partial charge in [-0.2, -0.15) is 0 Å². The molecule has 1 heterocycles. The van der Waals surface area contributed by atoms with Crippen molar-refractivity contribution in [3.8, 4) is 5.75 Å². The number of rotatable bonds is 4. The predicted molar refractivity (Wildman–Crippen MR) is 83.4 cm³/mol. The minimum Gasteiger partial charge on any atom is -0.489 e. The maximum absolute atomic E-state index is 9.02. The van der Waals surface area contributed by atoms with E-state index in [1.54, 1.807) is 6.20 Å². The number of aromatic nitrogens is 1. The summed E-state index contributed by atoms with van der Waals surface area (Å²) in [5.41, 5.74) is 2.59.